The number of unbranched alkanes of at least 4 members (excludes halogenated alkanes) is 3. The molecule has 35 heavy (non-hydrogen) atoms. The van der Waals surface area contributed by atoms with Crippen LogP contribution < -0.4 is 21.6 Å². The van der Waals surface area contributed by atoms with Gasteiger partial charge in [0.2, 0.25) is 11.2 Å². The minimum Gasteiger partial charge on any atom is -0.486 e. The van der Waals surface area contributed by atoms with Crippen molar-refractivity contribution in [3.63, 3.8) is 0 Å². The smallest absolute Gasteiger partial charge is 0.338 e. The zero-order chi connectivity index (χ0) is 24.6. The first-order valence-corrected chi connectivity index (χ1v) is 11.6. The Hall–Kier alpha value is -4.26. The molecule has 0 saturated carbocycles. The molecule has 180 valence electrons. The lowest BCUT2D eigenvalue weighted by Gasteiger charge is -2.12. The first-order valence-electron chi connectivity index (χ1n) is 11.6. The van der Waals surface area contributed by atoms with E-state index in [9.17, 15) is 9.59 Å². The number of para-hydroxylation sites is 1. The van der Waals surface area contributed by atoms with Crippen LogP contribution in [0.25, 0.3) is 22.3 Å². The number of hydrogen-bond acceptors (Lipinski definition) is 7. The maximum absolute atomic E-state index is 13.1. The van der Waals surface area contributed by atoms with Crippen LogP contribution in [0.3, 0.4) is 0 Å². The third-order valence-electron chi connectivity index (χ3n) is 5.52. The molecule has 4 aromatic rings. The fourth-order valence-corrected chi connectivity index (χ4v) is 3.81. The van der Waals surface area contributed by atoms with Gasteiger partial charge >= 0.3 is 5.97 Å². The van der Waals surface area contributed by atoms with Crippen molar-refractivity contribution in [3.05, 3.63) is 88.6 Å². The molecule has 0 radical (unpaired) electrons. The Morgan fingerprint density at radius 2 is 1.46 bits per heavy atom. The van der Waals surface area contributed by atoms with Crippen LogP contribution in [0.15, 0.2) is 82.0 Å². The Labute approximate surface area is 203 Å². The summed E-state index contributed by atoms with van der Waals surface area (Å²) < 4.78 is 17.3. The standard InChI is InChI=1S/C28H28N2O5/c29-21-16-20(17-22(30)18-21)28(32)34-15-9-2-1-8-14-33-27-25(31)23-12-6-7-13-24(23)35-26(27)19-10-4-3-5-11-19/h3-7,10-13,16-18H,1-2,8-9,14-15,29-30H2. The summed E-state index contributed by atoms with van der Waals surface area (Å²) in [5.41, 5.74) is 13.8. The Balaban J connectivity index is 1.28. The summed E-state index contributed by atoms with van der Waals surface area (Å²) in [4.78, 5) is 25.2. The molecular weight excluding hydrogens is 444 g/mol. The number of esters is 1. The molecule has 0 aliphatic carbocycles. The zero-order valence-corrected chi connectivity index (χ0v) is 19.4. The predicted molar refractivity (Wildman–Crippen MR) is 137 cm³/mol. The summed E-state index contributed by atoms with van der Waals surface area (Å²) in [6.07, 6.45) is 3.19. The van der Waals surface area contributed by atoms with E-state index in [0.29, 0.717) is 46.9 Å². The van der Waals surface area contributed by atoms with E-state index >= 15 is 0 Å². The van der Waals surface area contributed by atoms with Crippen molar-refractivity contribution in [2.75, 3.05) is 24.7 Å². The lowest BCUT2D eigenvalue weighted by Crippen LogP contribution is -2.11. The van der Waals surface area contributed by atoms with Crippen molar-refractivity contribution in [2.24, 2.45) is 0 Å². The second kappa shape index (κ2) is 11.2. The fourth-order valence-electron chi connectivity index (χ4n) is 3.81. The molecule has 4 rings (SSSR count). The Morgan fingerprint density at radius 3 is 2.20 bits per heavy atom. The van der Waals surface area contributed by atoms with Gasteiger partial charge in [-0.15, -0.1) is 0 Å². The van der Waals surface area contributed by atoms with E-state index in [1.165, 1.54) is 0 Å². The number of benzene rings is 3. The van der Waals surface area contributed by atoms with Crippen molar-refractivity contribution in [1.82, 2.24) is 0 Å². The number of nitrogen functional groups attached to an aromatic ring is 2. The molecule has 7 nitrogen and oxygen atoms in total. The largest absolute Gasteiger partial charge is 0.486 e. The van der Waals surface area contributed by atoms with Crippen molar-refractivity contribution in [2.45, 2.75) is 25.7 Å². The van der Waals surface area contributed by atoms with Gasteiger partial charge in [0, 0.05) is 16.9 Å². The number of hydrogen-bond donors (Lipinski definition) is 2. The Kier molecular flexibility index (Phi) is 7.67. The van der Waals surface area contributed by atoms with Gasteiger partial charge in [-0.25, -0.2) is 4.79 Å². The number of nitrogens with two attached hydrogens (primary N) is 2. The monoisotopic (exact) mass is 472 g/mol. The second-order valence-corrected chi connectivity index (χ2v) is 8.24. The predicted octanol–water partition coefficient (Wildman–Crippen LogP) is 5.42. The van der Waals surface area contributed by atoms with Gasteiger partial charge in [-0.2, -0.15) is 0 Å². The first-order chi connectivity index (χ1) is 17.0. The van der Waals surface area contributed by atoms with Crippen molar-refractivity contribution < 1.29 is 18.7 Å². The normalized spacial score (nSPS) is 10.9. The first kappa shape index (κ1) is 23.9. The van der Waals surface area contributed by atoms with Crippen LogP contribution in [0.2, 0.25) is 0 Å². The van der Waals surface area contributed by atoms with Crippen LogP contribution in [-0.4, -0.2) is 19.2 Å². The van der Waals surface area contributed by atoms with Crippen LogP contribution in [0.4, 0.5) is 11.4 Å². The van der Waals surface area contributed by atoms with Crippen LogP contribution in [0.1, 0.15) is 36.0 Å². The van der Waals surface area contributed by atoms with Gasteiger partial charge in [-0.3, -0.25) is 4.79 Å². The van der Waals surface area contributed by atoms with E-state index in [1.54, 1.807) is 36.4 Å². The molecule has 0 amide bonds. The van der Waals surface area contributed by atoms with Crippen LogP contribution in [-0.2, 0) is 4.74 Å². The molecule has 3 aromatic carbocycles. The number of carbonyl (C=O) groups is 1. The minimum atomic E-state index is -0.441. The average Bonchev–Trinajstić information content (AvgIpc) is 2.86. The van der Waals surface area contributed by atoms with Gasteiger partial charge in [0.15, 0.2) is 5.76 Å². The van der Waals surface area contributed by atoms with Crippen molar-refractivity contribution >= 4 is 28.3 Å². The second-order valence-electron chi connectivity index (χ2n) is 8.24. The van der Waals surface area contributed by atoms with Crippen molar-refractivity contribution in [1.29, 1.82) is 0 Å². The zero-order valence-electron chi connectivity index (χ0n) is 19.4. The molecule has 0 spiro atoms. The molecular formula is C28H28N2O5. The lowest BCUT2D eigenvalue weighted by molar-refractivity contribution is 0.0497. The van der Waals surface area contributed by atoms with Crippen LogP contribution in [0, 0.1) is 0 Å². The summed E-state index contributed by atoms with van der Waals surface area (Å²) in [5, 5.41) is 0.492. The quantitative estimate of drug-likeness (QED) is 0.180. The summed E-state index contributed by atoms with van der Waals surface area (Å²) in [5.74, 6) is 0.220. The third kappa shape index (κ3) is 6.00. The number of anilines is 2. The van der Waals surface area contributed by atoms with Gasteiger partial charge in [-0.05, 0) is 56.0 Å². The number of rotatable bonds is 10. The minimum absolute atomic E-state index is 0.181. The molecule has 4 N–H and O–H groups in total. The highest BCUT2D eigenvalue weighted by Crippen LogP contribution is 2.30. The molecule has 0 atom stereocenters. The van der Waals surface area contributed by atoms with Gasteiger partial charge in [0.25, 0.3) is 0 Å². The van der Waals surface area contributed by atoms with Gasteiger partial charge < -0.3 is 25.4 Å². The molecule has 0 aliphatic heterocycles. The molecule has 1 aromatic heterocycles. The van der Waals surface area contributed by atoms with Gasteiger partial charge in [-0.1, -0.05) is 42.5 Å². The Bertz CT molecular complexity index is 1340. The highest BCUT2D eigenvalue weighted by atomic mass is 16.5. The molecule has 0 bridgehead atoms. The van der Waals surface area contributed by atoms with Crippen LogP contribution >= 0.6 is 0 Å². The van der Waals surface area contributed by atoms with Crippen molar-refractivity contribution in [3.8, 4) is 17.1 Å². The van der Waals surface area contributed by atoms with E-state index in [1.807, 2.05) is 36.4 Å². The summed E-state index contributed by atoms with van der Waals surface area (Å²) in [6.45, 7) is 0.687. The van der Waals surface area contributed by atoms with Gasteiger partial charge in [0.1, 0.15) is 5.58 Å². The molecule has 0 fully saturated rings. The Morgan fingerprint density at radius 1 is 0.800 bits per heavy atom. The number of carbonyl (C=O) groups excluding carboxylic acids is 1. The van der Waals surface area contributed by atoms with Crippen LogP contribution in [0.5, 0.6) is 5.75 Å². The molecule has 7 heteroatoms. The summed E-state index contributed by atoms with van der Waals surface area (Å²) in [6, 6.07) is 21.3. The summed E-state index contributed by atoms with van der Waals surface area (Å²) in [7, 11) is 0. The number of fused-ring (bicyclic) bond motifs is 1. The van der Waals surface area contributed by atoms with E-state index in [2.05, 4.69) is 0 Å². The molecule has 0 aliphatic rings. The average molecular weight is 473 g/mol. The fraction of sp³-hybridized carbons (Fsp3) is 0.214. The summed E-state index contributed by atoms with van der Waals surface area (Å²) >= 11 is 0. The highest BCUT2D eigenvalue weighted by Gasteiger charge is 2.17. The third-order valence-corrected chi connectivity index (χ3v) is 5.52. The SMILES string of the molecule is Nc1cc(N)cc(C(=O)OCCCCCCOc2c(-c3ccccc3)oc3ccccc3c2=O)c1. The topological polar surface area (TPSA) is 118 Å². The highest BCUT2D eigenvalue weighted by molar-refractivity contribution is 5.91. The van der Waals surface area contributed by atoms with E-state index in [4.69, 9.17) is 25.4 Å². The maximum Gasteiger partial charge on any atom is 0.338 e. The molecule has 0 saturated heterocycles. The van der Waals surface area contributed by atoms with E-state index in [-0.39, 0.29) is 11.2 Å². The lowest BCUT2D eigenvalue weighted by atomic mass is 10.1. The van der Waals surface area contributed by atoms with Gasteiger partial charge in [0.05, 0.1) is 24.2 Å². The maximum atomic E-state index is 13.1. The van der Waals surface area contributed by atoms with E-state index in [0.717, 1.165) is 31.2 Å². The molecule has 0 unspecified atom stereocenters. The number of ether oxygens (including phenoxy) is 2. The molecule has 1 heterocycles. The van der Waals surface area contributed by atoms with E-state index < -0.39 is 5.97 Å².